The minimum absolute atomic E-state index is 0.223. The van der Waals surface area contributed by atoms with Gasteiger partial charge in [-0.25, -0.2) is 0 Å². The monoisotopic (exact) mass is 298 g/mol. The number of carbonyl (C=O) groups is 1. The Morgan fingerprint density at radius 3 is 2.35 bits per heavy atom. The summed E-state index contributed by atoms with van der Waals surface area (Å²) in [6.45, 7) is 0. The Hall–Kier alpha value is -2.85. The summed E-state index contributed by atoms with van der Waals surface area (Å²) in [5.74, 6) is 2.40. The summed E-state index contributed by atoms with van der Waals surface area (Å²) in [6, 6.07) is 24.3. The minimum Gasteiger partial charge on any atom is -0.303 e. The van der Waals surface area contributed by atoms with E-state index in [0.717, 1.165) is 28.2 Å². The zero-order valence-corrected chi connectivity index (χ0v) is 12.9. The second kappa shape index (κ2) is 6.94. The third-order valence-electron chi connectivity index (χ3n) is 4.26. The van der Waals surface area contributed by atoms with Gasteiger partial charge in [0.15, 0.2) is 0 Å². The first kappa shape index (κ1) is 15.1. The molecule has 0 aromatic heterocycles. The van der Waals surface area contributed by atoms with Gasteiger partial charge < -0.3 is 4.79 Å². The minimum atomic E-state index is -0.229. The molecule has 0 fully saturated rings. The molecule has 0 bridgehead atoms. The molecule has 0 aliphatic heterocycles. The highest BCUT2D eigenvalue weighted by atomic mass is 16.1. The van der Waals surface area contributed by atoms with E-state index in [4.69, 9.17) is 6.42 Å². The molecular formula is C22H18O. The van der Waals surface area contributed by atoms with Gasteiger partial charge in [0.1, 0.15) is 6.29 Å². The van der Waals surface area contributed by atoms with Gasteiger partial charge in [0.05, 0.1) is 5.92 Å². The maximum Gasteiger partial charge on any atom is 0.124 e. The molecular weight excluding hydrogens is 280 g/mol. The van der Waals surface area contributed by atoms with Crippen LogP contribution in [0, 0.1) is 18.3 Å². The Bertz CT molecular complexity index is 837. The summed E-state index contributed by atoms with van der Waals surface area (Å²) < 4.78 is 0. The van der Waals surface area contributed by atoms with E-state index in [0.29, 0.717) is 6.42 Å². The summed E-state index contributed by atoms with van der Waals surface area (Å²) in [5, 5.41) is 2.27. The van der Waals surface area contributed by atoms with E-state index in [1.807, 2.05) is 54.6 Å². The molecule has 1 nitrogen and oxygen atoms in total. The van der Waals surface area contributed by atoms with Crippen LogP contribution in [0.25, 0.3) is 10.8 Å². The highest BCUT2D eigenvalue weighted by molar-refractivity contribution is 5.87. The SMILES string of the molecule is C#C[C@@H](c1cccc2ccccc12)[C@H](C=O)Cc1ccccc1. The average Bonchev–Trinajstić information content (AvgIpc) is 2.62. The zero-order chi connectivity index (χ0) is 16.1. The van der Waals surface area contributed by atoms with Crippen LogP contribution in [0.5, 0.6) is 0 Å². The molecule has 1 heteroatoms. The standard InChI is InChI=1S/C22H18O/c1-2-20(19(16-23)15-17-9-4-3-5-10-17)22-14-8-12-18-11-6-7-13-21(18)22/h1,3-14,16,19-20H,15H2/t19-,20+/m0/s1. The molecule has 112 valence electrons. The number of hydrogen-bond donors (Lipinski definition) is 0. The van der Waals surface area contributed by atoms with Gasteiger partial charge >= 0.3 is 0 Å². The molecule has 3 rings (SSSR count). The van der Waals surface area contributed by atoms with Crippen LogP contribution in [0.4, 0.5) is 0 Å². The highest BCUT2D eigenvalue weighted by Crippen LogP contribution is 2.31. The molecule has 0 aliphatic rings. The van der Waals surface area contributed by atoms with E-state index in [1.54, 1.807) is 0 Å². The van der Waals surface area contributed by atoms with Gasteiger partial charge in [-0.15, -0.1) is 6.42 Å². The van der Waals surface area contributed by atoms with Crippen molar-refractivity contribution in [1.29, 1.82) is 0 Å². The first-order valence-electron chi connectivity index (χ1n) is 7.76. The predicted molar refractivity (Wildman–Crippen MR) is 95.2 cm³/mol. The number of carbonyl (C=O) groups excluding carboxylic acids is 1. The van der Waals surface area contributed by atoms with Crippen LogP contribution in [-0.2, 0) is 11.2 Å². The van der Waals surface area contributed by atoms with Crippen LogP contribution in [0.1, 0.15) is 17.0 Å². The highest BCUT2D eigenvalue weighted by Gasteiger charge is 2.22. The maximum absolute atomic E-state index is 11.7. The van der Waals surface area contributed by atoms with Gasteiger partial charge in [0, 0.05) is 5.92 Å². The van der Waals surface area contributed by atoms with Crippen LogP contribution in [0.2, 0.25) is 0 Å². The second-order valence-corrected chi connectivity index (χ2v) is 5.70. The molecule has 0 saturated carbocycles. The Morgan fingerprint density at radius 1 is 0.913 bits per heavy atom. The summed E-state index contributed by atoms with van der Waals surface area (Å²) >= 11 is 0. The lowest BCUT2D eigenvalue weighted by Crippen LogP contribution is -2.16. The fourth-order valence-corrected chi connectivity index (χ4v) is 3.10. The molecule has 0 unspecified atom stereocenters. The topological polar surface area (TPSA) is 17.1 Å². The Morgan fingerprint density at radius 2 is 1.61 bits per heavy atom. The van der Waals surface area contributed by atoms with Gasteiger partial charge in [-0.3, -0.25) is 0 Å². The summed E-state index contributed by atoms with van der Waals surface area (Å²) in [5.41, 5.74) is 2.18. The molecule has 0 saturated heterocycles. The average molecular weight is 298 g/mol. The Balaban J connectivity index is 2.00. The molecule has 23 heavy (non-hydrogen) atoms. The fraction of sp³-hybridized carbons (Fsp3) is 0.136. The smallest absolute Gasteiger partial charge is 0.124 e. The lowest BCUT2D eigenvalue weighted by atomic mass is 9.81. The first-order chi connectivity index (χ1) is 11.3. The van der Waals surface area contributed by atoms with Crippen molar-refractivity contribution in [3.8, 4) is 12.3 Å². The van der Waals surface area contributed by atoms with Crippen molar-refractivity contribution in [1.82, 2.24) is 0 Å². The normalized spacial score (nSPS) is 13.2. The molecule has 2 atom stereocenters. The first-order valence-corrected chi connectivity index (χ1v) is 7.76. The number of rotatable bonds is 5. The van der Waals surface area contributed by atoms with Gasteiger partial charge in [0.2, 0.25) is 0 Å². The van der Waals surface area contributed by atoms with E-state index in [-0.39, 0.29) is 11.8 Å². The van der Waals surface area contributed by atoms with Gasteiger partial charge in [-0.2, -0.15) is 0 Å². The third-order valence-corrected chi connectivity index (χ3v) is 4.26. The molecule has 0 radical (unpaired) electrons. The van der Waals surface area contributed by atoms with Crippen molar-refractivity contribution < 1.29 is 4.79 Å². The van der Waals surface area contributed by atoms with E-state index >= 15 is 0 Å². The molecule has 0 spiro atoms. The van der Waals surface area contributed by atoms with Crippen molar-refractivity contribution in [3.63, 3.8) is 0 Å². The van der Waals surface area contributed by atoms with Crippen molar-refractivity contribution in [2.75, 3.05) is 0 Å². The Labute approximate surface area is 137 Å². The zero-order valence-electron chi connectivity index (χ0n) is 12.9. The van der Waals surface area contributed by atoms with Crippen molar-refractivity contribution in [3.05, 3.63) is 83.9 Å². The molecule has 0 heterocycles. The number of terminal acetylenes is 1. The molecule has 3 aromatic carbocycles. The Kier molecular flexibility index (Phi) is 4.54. The number of benzene rings is 3. The van der Waals surface area contributed by atoms with E-state index in [2.05, 4.69) is 24.1 Å². The molecule has 0 aliphatic carbocycles. The quantitative estimate of drug-likeness (QED) is 0.496. The van der Waals surface area contributed by atoms with Crippen LogP contribution in [0.3, 0.4) is 0 Å². The van der Waals surface area contributed by atoms with Crippen LogP contribution in [-0.4, -0.2) is 6.29 Å². The summed E-state index contributed by atoms with van der Waals surface area (Å²) in [6.07, 6.45) is 7.47. The van der Waals surface area contributed by atoms with Crippen molar-refractivity contribution in [2.24, 2.45) is 5.92 Å². The fourth-order valence-electron chi connectivity index (χ4n) is 3.10. The van der Waals surface area contributed by atoms with Gasteiger partial charge in [-0.05, 0) is 28.3 Å². The van der Waals surface area contributed by atoms with E-state index in [1.165, 1.54) is 0 Å². The third kappa shape index (κ3) is 3.17. The molecule has 3 aromatic rings. The van der Waals surface area contributed by atoms with Gasteiger partial charge in [-0.1, -0.05) is 78.7 Å². The largest absolute Gasteiger partial charge is 0.303 e. The van der Waals surface area contributed by atoms with Crippen LogP contribution in [0.15, 0.2) is 72.8 Å². The van der Waals surface area contributed by atoms with Crippen LogP contribution >= 0.6 is 0 Å². The van der Waals surface area contributed by atoms with Crippen molar-refractivity contribution >= 4 is 17.1 Å². The second-order valence-electron chi connectivity index (χ2n) is 5.70. The predicted octanol–water partition coefficient (Wildman–Crippen LogP) is 4.61. The molecule has 0 N–H and O–H groups in total. The van der Waals surface area contributed by atoms with E-state index < -0.39 is 0 Å². The lowest BCUT2D eigenvalue weighted by Gasteiger charge is -2.20. The number of fused-ring (bicyclic) bond motifs is 1. The lowest BCUT2D eigenvalue weighted by molar-refractivity contribution is -0.111. The van der Waals surface area contributed by atoms with Crippen LogP contribution < -0.4 is 0 Å². The van der Waals surface area contributed by atoms with Gasteiger partial charge in [0.25, 0.3) is 0 Å². The van der Waals surface area contributed by atoms with Crippen molar-refractivity contribution in [2.45, 2.75) is 12.3 Å². The number of aldehydes is 1. The maximum atomic E-state index is 11.7. The number of hydrogen-bond acceptors (Lipinski definition) is 1. The van der Waals surface area contributed by atoms with E-state index in [9.17, 15) is 4.79 Å². The summed E-state index contributed by atoms with van der Waals surface area (Å²) in [4.78, 5) is 11.7. The summed E-state index contributed by atoms with van der Waals surface area (Å²) in [7, 11) is 0. The molecule has 0 amide bonds.